The summed E-state index contributed by atoms with van der Waals surface area (Å²) in [6.45, 7) is 0. The SMILES string of the molecule is Cn1ncc2cccc(O[B]O)c21. The van der Waals surface area contributed by atoms with Gasteiger partial charge in [0, 0.05) is 12.4 Å². The Bertz CT molecular complexity index is 427. The number of para-hydroxylation sites is 1. The summed E-state index contributed by atoms with van der Waals surface area (Å²) in [5, 5.41) is 13.6. The van der Waals surface area contributed by atoms with Crippen molar-refractivity contribution < 1.29 is 9.68 Å². The highest BCUT2D eigenvalue weighted by molar-refractivity contribution is 6.18. The predicted molar refractivity (Wildman–Crippen MR) is 49.3 cm³/mol. The Hall–Kier alpha value is -1.49. The first kappa shape index (κ1) is 8.13. The van der Waals surface area contributed by atoms with Crippen LogP contribution in [0.4, 0.5) is 0 Å². The highest BCUT2D eigenvalue weighted by atomic mass is 16.5. The summed E-state index contributed by atoms with van der Waals surface area (Å²) in [5.74, 6) is 0.597. The highest BCUT2D eigenvalue weighted by Crippen LogP contribution is 2.23. The van der Waals surface area contributed by atoms with E-state index in [1.54, 1.807) is 16.9 Å². The van der Waals surface area contributed by atoms with Crippen molar-refractivity contribution in [1.82, 2.24) is 9.78 Å². The Morgan fingerprint density at radius 2 is 2.38 bits per heavy atom. The van der Waals surface area contributed by atoms with Crippen LogP contribution in [0.25, 0.3) is 10.9 Å². The van der Waals surface area contributed by atoms with Crippen LogP contribution in [0, 0.1) is 0 Å². The molecule has 0 atom stereocenters. The molecule has 1 heterocycles. The summed E-state index contributed by atoms with van der Waals surface area (Å²) in [6, 6.07) is 5.56. The average molecular weight is 175 g/mol. The first-order chi connectivity index (χ1) is 6.33. The van der Waals surface area contributed by atoms with Crippen LogP contribution in [-0.4, -0.2) is 22.5 Å². The molecule has 0 saturated heterocycles. The molecule has 0 fully saturated rings. The summed E-state index contributed by atoms with van der Waals surface area (Å²) in [5.41, 5.74) is 0.868. The minimum Gasteiger partial charge on any atom is -0.536 e. The minimum atomic E-state index is 0.597. The monoisotopic (exact) mass is 175 g/mol. The minimum absolute atomic E-state index is 0.597. The van der Waals surface area contributed by atoms with E-state index in [2.05, 4.69) is 5.10 Å². The molecule has 0 bridgehead atoms. The van der Waals surface area contributed by atoms with Crippen molar-refractivity contribution in [2.24, 2.45) is 7.05 Å². The Labute approximate surface area is 76.1 Å². The third-order valence-electron chi connectivity index (χ3n) is 1.90. The van der Waals surface area contributed by atoms with Gasteiger partial charge in [-0.1, -0.05) is 12.1 Å². The zero-order valence-corrected chi connectivity index (χ0v) is 7.14. The molecule has 5 heteroatoms. The third-order valence-corrected chi connectivity index (χ3v) is 1.90. The van der Waals surface area contributed by atoms with Crippen LogP contribution >= 0.6 is 0 Å². The van der Waals surface area contributed by atoms with Crippen LogP contribution < -0.4 is 4.65 Å². The van der Waals surface area contributed by atoms with Crippen molar-refractivity contribution in [2.45, 2.75) is 0 Å². The Balaban J connectivity index is 2.65. The molecule has 4 nitrogen and oxygen atoms in total. The zero-order chi connectivity index (χ0) is 9.26. The van der Waals surface area contributed by atoms with E-state index in [1.807, 2.05) is 19.2 Å². The van der Waals surface area contributed by atoms with E-state index in [1.165, 1.54) is 0 Å². The number of fused-ring (bicyclic) bond motifs is 1. The molecule has 0 aliphatic carbocycles. The lowest BCUT2D eigenvalue weighted by Crippen LogP contribution is -2.01. The van der Waals surface area contributed by atoms with Crippen LogP contribution in [0.15, 0.2) is 24.4 Å². The van der Waals surface area contributed by atoms with Crippen LogP contribution in [-0.2, 0) is 7.05 Å². The fraction of sp³-hybridized carbons (Fsp3) is 0.125. The van der Waals surface area contributed by atoms with E-state index < -0.39 is 0 Å². The van der Waals surface area contributed by atoms with Crippen LogP contribution in [0.1, 0.15) is 0 Å². The molecule has 1 aromatic carbocycles. The third kappa shape index (κ3) is 1.27. The summed E-state index contributed by atoms with van der Waals surface area (Å²) >= 11 is 0. The lowest BCUT2D eigenvalue weighted by Gasteiger charge is -2.03. The maximum atomic E-state index is 8.53. The molecule has 0 aliphatic heterocycles. The number of rotatable bonds is 2. The molecule has 1 radical (unpaired) electrons. The first-order valence-electron chi connectivity index (χ1n) is 3.86. The normalized spacial score (nSPS) is 10.3. The standard InChI is InChI=1S/C8H8BN2O2/c1-11-8-6(5-10-11)3-2-4-7(8)13-9-12/h2-5,12H,1H3. The zero-order valence-electron chi connectivity index (χ0n) is 7.14. The van der Waals surface area contributed by atoms with Crippen molar-refractivity contribution in [2.75, 3.05) is 0 Å². The topological polar surface area (TPSA) is 47.3 Å². The van der Waals surface area contributed by atoms with Gasteiger partial charge in [-0.05, 0) is 6.07 Å². The Morgan fingerprint density at radius 1 is 1.54 bits per heavy atom. The molecule has 0 amide bonds. The molecule has 1 aromatic heterocycles. The van der Waals surface area contributed by atoms with Gasteiger partial charge in [0.15, 0.2) is 0 Å². The molecule has 1 N–H and O–H groups in total. The van der Waals surface area contributed by atoms with E-state index in [0.717, 1.165) is 10.9 Å². The van der Waals surface area contributed by atoms with Crippen molar-refractivity contribution in [3.8, 4) is 5.75 Å². The summed E-state index contributed by atoms with van der Waals surface area (Å²) in [7, 11) is 2.49. The molecule has 0 unspecified atom stereocenters. The molecule has 0 saturated carbocycles. The van der Waals surface area contributed by atoms with E-state index in [0.29, 0.717) is 13.4 Å². The van der Waals surface area contributed by atoms with E-state index in [-0.39, 0.29) is 0 Å². The Kier molecular flexibility index (Phi) is 1.94. The van der Waals surface area contributed by atoms with Gasteiger partial charge in [-0.3, -0.25) is 4.68 Å². The van der Waals surface area contributed by atoms with E-state index in [9.17, 15) is 0 Å². The highest BCUT2D eigenvalue weighted by Gasteiger charge is 2.05. The van der Waals surface area contributed by atoms with Gasteiger partial charge in [0.1, 0.15) is 11.3 Å². The lowest BCUT2D eigenvalue weighted by atomic mass is 10.2. The fourth-order valence-corrected chi connectivity index (χ4v) is 1.35. The molecular formula is C8H8BN2O2. The van der Waals surface area contributed by atoms with Gasteiger partial charge in [0.05, 0.1) is 6.20 Å². The molecule has 2 aromatic rings. The van der Waals surface area contributed by atoms with Gasteiger partial charge in [0.2, 0.25) is 0 Å². The second-order valence-corrected chi connectivity index (χ2v) is 2.69. The summed E-state index contributed by atoms with van der Waals surface area (Å²) in [4.78, 5) is 0. The number of aromatic nitrogens is 2. The van der Waals surface area contributed by atoms with Gasteiger partial charge in [-0.15, -0.1) is 0 Å². The summed E-state index contributed by atoms with van der Waals surface area (Å²) < 4.78 is 6.63. The Morgan fingerprint density at radius 3 is 3.15 bits per heavy atom. The van der Waals surface area contributed by atoms with Crippen molar-refractivity contribution in [3.63, 3.8) is 0 Å². The van der Waals surface area contributed by atoms with Crippen molar-refractivity contribution >= 4 is 18.6 Å². The predicted octanol–water partition coefficient (Wildman–Crippen LogP) is 0.479. The second kappa shape index (κ2) is 3.10. The molecule has 0 aliphatic rings. The number of benzene rings is 1. The largest absolute Gasteiger partial charge is 0.569 e. The number of hydrogen-bond acceptors (Lipinski definition) is 3. The molecule has 2 rings (SSSR count). The van der Waals surface area contributed by atoms with Crippen molar-refractivity contribution in [3.05, 3.63) is 24.4 Å². The van der Waals surface area contributed by atoms with E-state index >= 15 is 0 Å². The van der Waals surface area contributed by atoms with Crippen LogP contribution in [0.5, 0.6) is 5.75 Å². The first-order valence-corrected chi connectivity index (χ1v) is 3.86. The molecule has 0 spiro atoms. The molecule has 65 valence electrons. The number of nitrogens with zero attached hydrogens (tertiary/aromatic N) is 2. The second-order valence-electron chi connectivity index (χ2n) is 2.69. The quantitative estimate of drug-likeness (QED) is 0.675. The summed E-state index contributed by atoms with van der Waals surface area (Å²) in [6.07, 6.45) is 1.75. The number of hydrogen-bond donors (Lipinski definition) is 1. The maximum Gasteiger partial charge on any atom is 0.569 e. The lowest BCUT2D eigenvalue weighted by molar-refractivity contribution is 0.455. The van der Waals surface area contributed by atoms with Crippen LogP contribution in [0.2, 0.25) is 0 Å². The van der Waals surface area contributed by atoms with Gasteiger partial charge < -0.3 is 9.68 Å². The average Bonchev–Trinajstić information content (AvgIpc) is 2.50. The van der Waals surface area contributed by atoms with Gasteiger partial charge in [0.25, 0.3) is 0 Å². The number of aryl methyl sites for hydroxylation is 1. The molecular weight excluding hydrogens is 167 g/mol. The molecule has 13 heavy (non-hydrogen) atoms. The van der Waals surface area contributed by atoms with Gasteiger partial charge in [-0.25, -0.2) is 0 Å². The van der Waals surface area contributed by atoms with Gasteiger partial charge >= 0.3 is 7.69 Å². The smallest absolute Gasteiger partial charge is 0.536 e. The van der Waals surface area contributed by atoms with Crippen LogP contribution in [0.3, 0.4) is 0 Å². The maximum absolute atomic E-state index is 8.53. The van der Waals surface area contributed by atoms with Crippen molar-refractivity contribution in [1.29, 1.82) is 0 Å². The fourth-order valence-electron chi connectivity index (χ4n) is 1.35. The van der Waals surface area contributed by atoms with Gasteiger partial charge in [-0.2, -0.15) is 5.10 Å². The van der Waals surface area contributed by atoms with E-state index in [4.69, 9.17) is 9.68 Å².